The van der Waals surface area contributed by atoms with E-state index >= 15 is 0 Å². The van der Waals surface area contributed by atoms with E-state index in [1.165, 1.54) is 5.56 Å². The highest BCUT2D eigenvalue weighted by atomic mass is 35.5. The third-order valence-corrected chi connectivity index (χ3v) is 3.91. The summed E-state index contributed by atoms with van der Waals surface area (Å²) in [6, 6.07) is 12.5. The minimum absolute atomic E-state index is 0.320. The summed E-state index contributed by atoms with van der Waals surface area (Å²) in [6.07, 6.45) is 2.97. The zero-order valence-electron chi connectivity index (χ0n) is 12.8. The number of hydrogen-bond acceptors (Lipinski definition) is 3. The second-order valence-electron chi connectivity index (χ2n) is 5.17. The molecular weight excluding hydrogens is 282 g/mol. The summed E-state index contributed by atoms with van der Waals surface area (Å²) in [5.74, 6) is 0. The molecule has 1 aromatic heterocycles. The van der Waals surface area contributed by atoms with E-state index in [4.69, 9.17) is 11.6 Å². The summed E-state index contributed by atoms with van der Waals surface area (Å²) >= 11 is 5.91. The molecule has 4 heteroatoms. The first-order valence-corrected chi connectivity index (χ1v) is 7.60. The molecule has 0 aliphatic carbocycles. The van der Waals surface area contributed by atoms with E-state index in [9.17, 15) is 0 Å². The third kappa shape index (κ3) is 4.19. The molecule has 3 nitrogen and oxygen atoms in total. The van der Waals surface area contributed by atoms with Crippen LogP contribution in [0.3, 0.4) is 0 Å². The molecule has 0 fully saturated rings. The van der Waals surface area contributed by atoms with Crippen LogP contribution in [-0.2, 0) is 6.54 Å². The lowest BCUT2D eigenvalue weighted by atomic mass is 10.1. The molecule has 21 heavy (non-hydrogen) atoms. The lowest BCUT2D eigenvalue weighted by molar-refractivity contribution is 0.561. The maximum Gasteiger partial charge on any atom is 0.0574 e. The first-order chi connectivity index (χ1) is 10.1. The van der Waals surface area contributed by atoms with Gasteiger partial charge in [0.1, 0.15) is 0 Å². The van der Waals surface area contributed by atoms with Crippen LogP contribution in [0.5, 0.6) is 0 Å². The predicted molar refractivity (Wildman–Crippen MR) is 89.9 cm³/mol. The molecular formula is C17H22ClN3. The van der Waals surface area contributed by atoms with Crippen LogP contribution in [0.15, 0.2) is 42.6 Å². The Hall–Kier alpha value is -1.58. The fourth-order valence-corrected chi connectivity index (χ4v) is 2.47. The average molecular weight is 304 g/mol. The van der Waals surface area contributed by atoms with Gasteiger partial charge in [-0.15, -0.1) is 0 Å². The van der Waals surface area contributed by atoms with Crippen molar-refractivity contribution in [2.24, 2.45) is 0 Å². The van der Waals surface area contributed by atoms with Gasteiger partial charge in [-0.25, -0.2) is 0 Å². The van der Waals surface area contributed by atoms with Gasteiger partial charge in [0.15, 0.2) is 0 Å². The molecule has 2 aromatic rings. The molecule has 1 unspecified atom stereocenters. The topological polar surface area (TPSA) is 28.2 Å². The van der Waals surface area contributed by atoms with Gasteiger partial charge in [0.2, 0.25) is 0 Å². The molecule has 2 rings (SSSR count). The SMILES string of the molecule is CCC(NC)c1ccc(N(C)Cc2ccc(Cl)cc2)cn1. The van der Waals surface area contributed by atoms with Crippen LogP contribution in [0, 0.1) is 0 Å². The van der Waals surface area contributed by atoms with E-state index in [-0.39, 0.29) is 0 Å². The van der Waals surface area contributed by atoms with Gasteiger partial charge in [-0.2, -0.15) is 0 Å². The maximum absolute atomic E-state index is 5.91. The van der Waals surface area contributed by atoms with Crippen molar-refractivity contribution in [2.75, 3.05) is 19.0 Å². The summed E-state index contributed by atoms with van der Waals surface area (Å²) in [5, 5.41) is 4.04. The summed E-state index contributed by atoms with van der Waals surface area (Å²) < 4.78 is 0. The molecule has 0 aliphatic rings. The highest BCUT2D eigenvalue weighted by Gasteiger charge is 2.09. The van der Waals surface area contributed by atoms with Gasteiger partial charge < -0.3 is 10.2 Å². The zero-order valence-corrected chi connectivity index (χ0v) is 13.6. The Morgan fingerprint density at radius 2 is 1.90 bits per heavy atom. The largest absolute Gasteiger partial charge is 0.369 e. The Morgan fingerprint density at radius 3 is 2.43 bits per heavy atom. The van der Waals surface area contributed by atoms with E-state index in [1.54, 1.807) is 0 Å². The highest BCUT2D eigenvalue weighted by molar-refractivity contribution is 6.30. The smallest absolute Gasteiger partial charge is 0.0574 e. The number of nitrogens with one attached hydrogen (secondary N) is 1. The molecule has 1 heterocycles. The van der Waals surface area contributed by atoms with E-state index in [0.29, 0.717) is 6.04 Å². The minimum Gasteiger partial charge on any atom is -0.369 e. The molecule has 1 atom stereocenters. The van der Waals surface area contributed by atoms with Crippen molar-refractivity contribution in [3.63, 3.8) is 0 Å². The van der Waals surface area contributed by atoms with Crippen LogP contribution in [-0.4, -0.2) is 19.1 Å². The molecule has 0 aliphatic heterocycles. The van der Waals surface area contributed by atoms with Gasteiger partial charge in [-0.1, -0.05) is 30.7 Å². The molecule has 0 amide bonds. The Bertz CT molecular complexity index is 547. The molecule has 0 radical (unpaired) electrons. The van der Waals surface area contributed by atoms with E-state index in [1.807, 2.05) is 25.4 Å². The molecule has 112 valence electrons. The van der Waals surface area contributed by atoms with E-state index < -0.39 is 0 Å². The third-order valence-electron chi connectivity index (χ3n) is 3.66. The van der Waals surface area contributed by atoms with Crippen molar-refractivity contribution in [1.82, 2.24) is 10.3 Å². The van der Waals surface area contributed by atoms with Crippen molar-refractivity contribution in [2.45, 2.75) is 25.9 Å². The Morgan fingerprint density at radius 1 is 1.19 bits per heavy atom. The van der Waals surface area contributed by atoms with Gasteiger partial charge >= 0.3 is 0 Å². The van der Waals surface area contributed by atoms with Crippen molar-refractivity contribution in [3.05, 3.63) is 58.9 Å². The van der Waals surface area contributed by atoms with Crippen LogP contribution >= 0.6 is 11.6 Å². The fourth-order valence-electron chi connectivity index (χ4n) is 2.35. The Balaban J connectivity index is 2.05. The second-order valence-corrected chi connectivity index (χ2v) is 5.61. The number of benzene rings is 1. The predicted octanol–water partition coefficient (Wildman–Crippen LogP) is 4.04. The van der Waals surface area contributed by atoms with E-state index in [0.717, 1.165) is 29.4 Å². The van der Waals surface area contributed by atoms with Crippen LogP contribution in [0.2, 0.25) is 5.02 Å². The number of nitrogens with zero attached hydrogens (tertiary/aromatic N) is 2. The normalized spacial score (nSPS) is 12.2. The lowest BCUT2D eigenvalue weighted by Crippen LogP contribution is -2.19. The number of hydrogen-bond donors (Lipinski definition) is 1. The molecule has 0 bridgehead atoms. The summed E-state index contributed by atoms with van der Waals surface area (Å²) in [7, 11) is 4.04. The average Bonchev–Trinajstić information content (AvgIpc) is 2.51. The standard InChI is InChI=1S/C17H22ClN3/c1-4-16(19-2)17-10-9-15(11-20-17)21(3)12-13-5-7-14(18)8-6-13/h5-11,16,19H,4,12H2,1-3H3. The Kier molecular flexibility index (Phi) is 5.59. The van der Waals surface area contributed by atoms with Gasteiger partial charge in [-0.3, -0.25) is 4.98 Å². The van der Waals surface area contributed by atoms with Gasteiger partial charge in [-0.05, 0) is 43.3 Å². The van der Waals surface area contributed by atoms with E-state index in [2.05, 4.69) is 53.4 Å². The number of anilines is 1. The fraction of sp³-hybridized carbons (Fsp3) is 0.353. The second kappa shape index (κ2) is 7.43. The van der Waals surface area contributed by atoms with Crippen molar-refractivity contribution in [3.8, 4) is 0 Å². The Labute approximate surface area is 132 Å². The maximum atomic E-state index is 5.91. The number of aromatic nitrogens is 1. The quantitative estimate of drug-likeness (QED) is 0.873. The summed E-state index contributed by atoms with van der Waals surface area (Å²) in [4.78, 5) is 6.75. The monoisotopic (exact) mass is 303 g/mol. The number of halogens is 1. The summed E-state index contributed by atoms with van der Waals surface area (Å²) in [5.41, 5.74) is 3.43. The van der Waals surface area contributed by atoms with Crippen molar-refractivity contribution >= 4 is 17.3 Å². The first kappa shape index (κ1) is 15.8. The molecule has 0 saturated carbocycles. The molecule has 1 aromatic carbocycles. The van der Waals surface area contributed by atoms with Gasteiger partial charge in [0.05, 0.1) is 17.6 Å². The highest BCUT2D eigenvalue weighted by Crippen LogP contribution is 2.19. The van der Waals surface area contributed by atoms with Crippen LogP contribution in [0.25, 0.3) is 0 Å². The number of pyridine rings is 1. The lowest BCUT2D eigenvalue weighted by Gasteiger charge is -2.20. The molecule has 1 N–H and O–H groups in total. The zero-order chi connectivity index (χ0) is 15.2. The van der Waals surface area contributed by atoms with Gasteiger partial charge in [0.25, 0.3) is 0 Å². The molecule has 0 spiro atoms. The van der Waals surface area contributed by atoms with Crippen molar-refractivity contribution < 1.29 is 0 Å². The number of rotatable bonds is 6. The summed E-state index contributed by atoms with van der Waals surface area (Å²) in [6.45, 7) is 2.99. The first-order valence-electron chi connectivity index (χ1n) is 7.22. The minimum atomic E-state index is 0.320. The van der Waals surface area contributed by atoms with Crippen LogP contribution in [0.4, 0.5) is 5.69 Å². The van der Waals surface area contributed by atoms with Crippen molar-refractivity contribution in [1.29, 1.82) is 0 Å². The van der Waals surface area contributed by atoms with Gasteiger partial charge in [0, 0.05) is 24.7 Å². The molecule has 0 saturated heterocycles. The van der Waals surface area contributed by atoms with Crippen LogP contribution in [0.1, 0.15) is 30.6 Å². The van der Waals surface area contributed by atoms with Crippen LogP contribution < -0.4 is 10.2 Å².